The van der Waals surface area contributed by atoms with Gasteiger partial charge in [0.25, 0.3) is 0 Å². The first-order valence-corrected chi connectivity index (χ1v) is 25.6. The van der Waals surface area contributed by atoms with Gasteiger partial charge in [-0.2, -0.15) is 0 Å². The molecule has 5 fully saturated rings. The molecule has 0 aromatic heterocycles. The van der Waals surface area contributed by atoms with Crippen LogP contribution in [0.1, 0.15) is 71.0 Å². The molecule has 5 heterocycles. The summed E-state index contributed by atoms with van der Waals surface area (Å²) in [7, 11) is 17.2. The summed E-state index contributed by atoms with van der Waals surface area (Å²) in [6.45, 7) is 14.6. The van der Waals surface area contributed by atoms with E-state index in [1.54, 1.807) is 35.7 Å². The van der Waals surface area contributed by atoms with E-state index in [-0.39, 0.29) is 93.6 Å². The van der Waals surface area contributed by atoms with Gasteiger partial charge < -0.3 is 51.1 Å². The Bertz CT molecular complexity index is 1860. The number of esters is 1. The number of likely N-dealkylation sites (tertiary alicyclic amines) is 3. The Labute approximate surface area is 472 Å². The summed E-state index contributed by atoms with van der Waals surface area (Å²) in [4.78, 5) is 59.0. The second-order valence-electron chi connectivity index (χ2n) is 19.5. The quantitative estimate of drug-likeness (QED) is 0.179. The molecule has 5 saturated heterocycles. The van der Waals surface area contributed by atoms with E-state index < -0.39 is 0 Å². The first-order chi connectivity index (χ1) is 34.1. The third kappa shape index (κ3) is 31.4. The van der Waals surface area contributed by atoms with E-state index in [9.17, 15) is 19.2 Å². The van der Waals surface area contributed by atoms with Gasteiger partial charge in [-0.3, -0.25) is 24.1 Å². The van der Waals surface area contributed by atoms with Gasteiger partial charge in [-0.05, 0) is 123 Å². The molecule has 4 atom stereocenters. The van der Waals surface area contributed by atoms with Crippen molar-refractivity contribution < 1.29 is 54.0 Å². The Kier molecular flexibility index (Phi) is 42.6. The summed E-state index contributed by atoms with van der Waals surface area (Å²) in [5.41, 5.74) is 3.61. The molecule has 414 valence electrons. The van der Waals surface area contributed by atoms with Gasteiger partial charge in [0.05, 0.1) is 18.9 Å². The normalized spacial score (nSPS) is 19.3. The summed E-state index contributed by atoms with van der Waals surface area (Å²) >= 11 is 0. The number of amides is 3. The van der Waals surface area contributed by atoms with Crippen LogP contribution in [0, 0.1) is 23.7 Å². The number of carbonyl (C=O) groups is 4. The third-order valence-electron chi connectivity index (χ3n) is 12.0. The smallest absolute Gasteiger partial charge is 1.00 e. The first kappa shape index (κ1) is 72.5. The molecule has 0 bridgehead atoms. The van der Waals surface area contributed by atoms with Crippen LogP contribution < -0.4 is 29.5 Å². The van der Waals surface area contributed by atoms with Crippen LogP contribution in [0.25, 0.3) is 0 Å². The molecule has 3 aromatic carbocycles. The van der Waals surface area contributed by atoms with E-state index >= 15 is 0 Å². The Morgan fingerprint density at radius 1 is 0.716 bits per heavy atom. The number of benzene rings is 3. The second-order valence-corrected chi connectivity index (χ2v) is 19.5. The minimum absolute atomic E-state index is 0. The Morgan fingerprint density at radius 3 is 1.51 bits per heavy atom. The fourth-order valence-electron chi connectivity index (χ4n) is 8.77. The summed E-state index contributed by atoms with van der Waals surface area (Å²) in [6.07, 6.45) is 5.87. The zero-order valence-electron chi connectivity index (χ0n) is 47.2. The molecule has 3 N–H and O–H groups in total. The first-order valence-electron chi connectivity index (χ1n) is 25.6. The summed E-state index contributed by atoms with van der Waals surface area (Å²) in [5, 5.41) is 13.7. The zero-order chi connectivity index (χ0) is 52.4. The zero-order valence-corrected chi connectivity index (χ0v) is 46.2. The van der Waals surface area contributed by atoms with Crippen molar-refractivity contribution >= 4 is 41.1 Å². The van der Waals surface area contributed by atoms with Crippen LogP contribution in [0.15, 0.2) is 91.0 Å². The van der Waals surface area contributed by atoms with Crippen molar-refractivity contribution in [3.63, 3.8) is 0 Å². The molecular weight excluding hydrogens is 943 g/mol. The van der Waals surface area contributed by atoms with Crippen LogP contribution in [-0.2, 0) is 48.3 Å². The van der Waals surface area contributed by atoms with E-state index in [1.807, 2.05) is 74.8 Å². The van der Waals surface area contributed by atoms with Gasteiger partial charge in [-0.25, -0.2) is 0 Å². The predicted molar refractivity (Wildman–Crippen MR) is 304 cm³/mol. The molecule has 0 aliphatic carbocycles. The van der Waals surface area contributed by atoms with Gasteiger partial charge in [0.2, 0.25) is 17.7 Å². The molecule has 5 aliphatic rings. The van der Waals surface area contributed by atoms with Gasteiger partial charge in [0.15, 0.2) is 17.4 Å². The molecule has 3 aromatic rings. The van der Waals surface area contributed by atoms with Gasteiger partial charge >= 0.3 is 24.8 Å². The van der Waals surface area contributed by atoms with Crippen molar-refractivity contribution in [3.05, 3.63) is 108 Å². The topological polar surface area (TPSA) is 150 Å². The number of methoxy groups -OCH3 is 1. The van der Waals surface area contributed by atoms with E-state index in [4.69, 9.17) is 9.84 Å². The van der Waals surface area contributed by atoms with Crippen molar-refractivity contribution in [1.29, 1.82) is 0 Å². The number of ether oxygens (including phenoxy) is 2. The molecule has 4 unspecified atom stereocenters. The molecule has 17 heteroatoms. The Balaban J connectivity index is -0.000000861. The minimum atomic E-state index is -0.309. The van der Waals surface area contributed by atoms with Crippen LogP contribution in [0.2, 0.25) is 0 Å². The minimum Gasteiger partial charge on any atom is -1.00 e. The van der Waals surface area contributed by atoms with Crippen molar-refractivity contribution in [3.8, 4) is 0 Å². The van der Waals surface area contributed by atoms with Gasteiger partial charge in [0, 0.05) is 99.1 Å². The average molecular weight is 1040 g/mol. The largest absolute Gasteiger partial charge is 1.00 e. The fraction of sp³-hybridized carbons (Fsp3) is 0.614. The molecule has 3 amide bonds. The molecule has 0 saturated carbocycles. The number of nitrogens with one attached hydrogen (secondary N) is 2. The average Bonchev–Trinajstić information content (AvgIpc) is 4.23. The predicted octanol–water partition coefficient (Wildman–Crippen LogP) is 1.76. The van der Waals surface area contributed by atoms with Crippen LogP contribution in [0.5, 0.6) is 0 Å². The Hall–Kier alpha value is -3.61. The van der Waals surface area contributed by atoms with E-state index in [2.05, 4.69) is 88.6 Å². The standard InChI is InChI=1S/C14H18N2O2.C14H22N2.C13H15NO3.C7H16N2.C4H8O.C2H7N.C2H6O.CH4.Al.Li.4H/c1-15(2)14(18)12-8-13(17)16(10-12)9-11-6-4-3-5-7-11;1-15(2)10-14-8-9-16(12-14)11-13-6-4-3-5-7-13;1-17-13(16)11-7-12(15)14(9-11)8-10-5-3-2-4-6-10;1-9(2)6-7-3-4-8-5-7;1-2-4-5-3-1;1-3-2;1-2-3;;;;;;;/h3-7,12H,8-10H2,1-2H3;3-7,14H,8-12H2,1-2H3;2-6,11H,7-9H2,1H3;7-8H,3-6H2,1-2H3;1-4H2;3H,1-2H3;3H,2H2,1H3;1H4;;;;;;/q;;;;;;;;;+1;;;;-1. The number of nitrogens with zero attached hydrogens (tertiary/aromatic N) is 6. The molecule has 0 spiro atoms. The number of hydrogen-bond donors (Lipinski definition) is 3. The third-order valence-corrected chi connectivity index (χ3v) is 12.0. The van der Waals surface area contributed by atoms with Crippen molar-refractivity contribution in [1.82, 2.24) is 40.0 Å². The molecular formula is C57H100AlLiN8O7. The maximum atomic E-state index is 11.9. The van der Waals surface area contributed by atoms with Gasteiger partial charge in [-0.15, -0.1) is 0 Å². The SMILES string of the molecule is C.C1CCOC1.CCO.CN(C)C(=O)C1CC(=O)N(Cc2ccccc2)C1.CN(C)CC1CCN(Cc2ccccc2)C1.CN(C)CC1CCNC1.CNC.COC(=O)C1CC(=O)N(Cc2ccccc2)C1.[AlH3].[H-].[Li+]. The van der Waals surface area contributed by atoms with E-state index in [0.29, 0.717) is 32.6 Å². The van der Waals surface area contributed by atoms with Crippen LogP contribution in [0.4, 0.5) is 0 Å². The van der Waals surface area contributed by atoms with Gasteiger partial charge in [0.1, 0.15) is 0 Å². The van der Waals surface area contributed by atoms with Crippen molar-refractivity contribution in [2.45, 2.75) is 72.5 Å². The number of rotatable bonds is 12. The molecule has 74 heavy (non-hydrogen) atoms. The van der Waals surface area contributed by atoms with Crippen molar-refractivity contribution in [2.75, 3.05) is 136 Å². The van der Waals surface area contributed by atoms with Crippen molar-refractivity contribution in [2.24, 2.45) is 23.7 Å². The van der Waals surface area contributed by atoms with Crippen LogP contribution in [-0.4, -0.2) is 211 Å². The van der Waals surface area contributed by atoms with Gasteiger partial charge in [-0.1, -0.05) is 98.4 Å². The Morgan fingerprint density at radius 2 is 1.14 bits per heavy atom. The number of carbonyl (C=O) groups excluding carboxylic acids is 4. The van der Waals surface area contributed by atoms with E-state index in [0.717, 1.165) is 42.7 Å². The van der Waals surface area contributed by atoms with Crippen LogP contribution >= 0.6 is 0 Å². The molecule has 5 aliphatic heterocycles. The second kappa shape index (κ2) is 43.5. The summed E-state index contributed by atoms with van der Waals surface area (Å²) < 4.78 is 9.61. The van der Waals surface area contributed by atoms with E-state index in [1.165, 1.54) is 77.6 Å². The number of hydrogen-bond acceptors (Lipinski definition) is 12. The summed E-state index contributed by atoms with van der Waals surface area (Å²) in [6, 6.07) is 30.4. The number of aliphatic hydroxyl groups is 1. The maximum absolute atomic E-state index is 11.9. The fourth-order valence-corrected chi connectivity index (χ4v) is 8.77. The monoisotopic (exact) mass is 1040 g/mol. The maximum Gasteiger partial charge on any atom is 1.00 e. The number of aliphatic hydroxyl groups excluding tert-OH is 1. The molecule has 0 radical (unpaired) electrons. The molecule has 15 nitrogen and oxygen atoms in total. The van der Waals surface area contributed by atoms with Crippen LogP contribution in [0.3, 0.4) is 0 Å². The molecule has 8 rings (SSSR count). The summed E-state index contributed by atoms with van der Waals surface area (Å²) in [5.74, 6) is 1.10.